The molecule has 2 atom stereocenters. The SMILES string of the molecule is CNC(Cc1cc(C)ccc1C)C1CSCCN1C. The van der Waals surface area contributed by atoms with E-state index in [1.54, 1.807) is 0 Å². The smallest absolute Gasteiger partial charge is 0.0340 e. The van der Waals surface area contributed by atoms with E-state index in [1.807, 2.05) is 0 Å². The first-order chi connectivity index (χ1) is 9.11. The number of nitrogens with one attached hydrogen (secondary N) is 1. The van der Waals surface area contributed by atoms with Crippen molar-refractivity contribution in [2.24, 2.45) is 0 Å². The van der Waals surface area contributed by atoms with Gasteiger partial charge in [0.2, 0.25) is 0 Å². The van der Waals surface area contributed by atoms with Crippen LogP contribution >= 0.6 is 11.8 Å². The summed E-state index contributed by atoms with van der Waals surface area (Å²) in [5.74, 6) is 2.51. The number of hydrogen-bond acceptors (Lipinski definition) is 3. The van der Waals surface area contributed by atoms with Crippen LogP contribution < -0.4 is 5.32 Å². The van der Waals surface area contributed by atoms with Gasteiger partial charge in [-0.25, -0.2) is 0 Å². The summed E-state index contributed by atoms with van der Waals surface area (Å²) in [6.45, 7) is 5.61. The molecule has 1 aromatic rings. The van der Waals surface area contributed by atoms with Crippen LogP contribution in [0.1, 0.15) is 16.7 Å². The first-order valence-electron chi connectivity index (χ1n) is 7.13. The lowest BCUT2D eigenvalue weighted by molar-refractivity contribution is 0.219. The Kier molecular flexibility index (Phi) is 5.31. The first kappa shape index (κ1) is 14.9. The van der Waals surface area contributed by atoms with Gasteiger partial charge < -0.3 is 10.2 Å². The van der Waals surface area contributed by atoms with Gasteiger partial charge in [-0.15, -0.1) is 0 Å². The van der Waals surface area contributed by atoms with E-state index in [1.165, 1.54) is 34.7 Å². The summed E-state index contributed by atoms with van der Waals surface area (Å²) in [5.41, 5.74) is 4.27. The lowest BCUT2D eigenvalue weighted by atomic mass is 9.95. The molecule has 106 valence electrons. The normalized spacial score (nSPS) is 22.4. The third kappa shape index (κ3) is 3.74. The quantitative estimate of drug-likeness (QED) is 0.911. The van der Waals surface area contributed by atoms with Crippen LogP contribution in [0.4, 0.5) is 0 Å². The highest BCUT2D eigenvalue weighted by molar-refractivity contribution is 7.99. The molecule has 1 fully saturated rings. The fraction of sp³-hybridized carbons (Fsp3) is 0.625. The van der Waals surface area contributed by atoms with Gasteiger partial charge in [0.15, 0.2) is 0 Å². The Balaban J connectivity index is 2.11. The molecular weight excluding hydrogens is 252 g/mol. The second kappa shape index (κ2) is 6.78. The van der Waals surface area contributed by atoms with Crippen molar-refractivity contribution in [3.8, 4) is 0 Å². The van der Waals surface area contributed by atoms with Crippen molar-refractivity contribution >= 4 is 11.8 Å². The van der Waals surface area contributed by atoms with Crippen LogP contribution in [0.2, 0.25) is 0 Å². The van der Waals surface area contributed by atoms with Crippen LogP contribution in [-0.4, -0.2) is 49.1 Å². The average Bonchev–Trinajstić information content (AvgIpc) is 2.41. The molecule has 2 unspecified atom stereocenters. The molecule has 1 aliphatic rings. The van der Waals surface area contributed by atoms with Crippen molar-refractivity contribution in [3.05, 3.63) is 34.9 Å². The molecule has 3 heteroatoms. The van der Waals surface area contributed by atoms with Crippen LogP contribution in [0.25, 0.3) is 0 Å². The third-order valence-corrected chi connectivity index (χ3v) is 5.27. The first-order valence-corrected chi connectivity index (χ1v) is 8.28. The summed E-state index contributed by atoms with van der Waals surface area (Å²) >= 11 is 2.09. The molecule has 0 saturated carbocycles. The minimum absolute atomic E-state index is 0.540. The summed E-state index contributed by atoms with van der Waals surface area (Å²) < 4.78 is 0. The number of hydrogen-bond donors (Lipinski definition) is 1. The number of thioether (sulfide) groups is 1. The van der Waals surface area contributed by atoms with Crippen LogP contribution in [0, 0.1) is 13.8 Å². The molecule has 1 aliphatic heterocycles. The van der Waals surface area contributed by atoms with Crippen molar-refractivity contribution in [2.75, 3.05) is 32.1 Å². The molecule has 0 aliphatic carbocycles. The molecule has 2 rings (SSSR count). The molecule has 0 amide bonds. The number of aryl methyl sites for hydroxylation is 2. The van der Waals surface area contributed by atoms with E-state index in [4.69, 9.17) is 0 Å². The predicted molar refractivity (Wildman–Crippen MR) is 86.2 cm³/mol. The fourth-order valence-electron chi connectivity index (χ4n) is 2.82. The highest BCUT2D eigenvalue weighted by Gasteiger charge is 2.27. The Hall–Kier alpha value is -0.510. The van der Waals surface area contributed by atoms with Crippen LogP contribution in [0.3, 0.4) is 0 Å². The molecule has 2 nitrogen and oxygen atoms in total. The Labute approximate surface area is 122 Å². The fourth-order valence-corrected chi connectivity index (χ4v) is 4.13. The van der Waals surface area contributed by atoms with Crippen LogP contribution in [0.5, 0.6) is 0 Å². The summed E-state index contributed by atoms with van der Waals surface area (Å²) in [7, 11) is 4.36. The van der Waals surface area contributed by atoms with Gasteiger partial charge in [0.05, 0.1) is 0 Å². The van der Waals surface area contributed by atoms with Crippen LogP contribution in [0.15, 0.2) is 18.2 Å². The summed E-state index contributed by atoms with van der Waals surface area (Å²) in [4.78, 5) is 2.52. The molecule has 0 aromatic heterocycles. The maximum Gasteiger partial charge on any atom is 0.0340 e. The lowest BCUT2D eigenvalue weighted by Crippen LogP contribution is -2.52. The minimum Gasteiger partial charge on any atom is -0.315 e. The van der Waals surface area contributed by atoms with Crippen molar-refractivity contribution in [3.63, 3.8) is 0 Å². The number of benzene rings is 1. The van der Waals surface area contributed by atoms with E-state index in [2.05, 4.69) is 68.1 Å². The second-order valence-corrected chi connectivity index (χ2v) is 6.80. The average molecular weight is 278 g/mol. The topological polar surface area (TPSA) is 15.3 Å². The predicted octanol–water partition coefficient (Wildman–Crippen LogP) is 2.48. The summed E-state index contributed by atoms with van der Waals surface area (Å²) in [6.07, 6.45) is 1.12. The second-order valence-electron chi connectivity index (χ2n) is 5.65. The third-order valence-electron chi connectivity index (χ3n) is 4.22. The van der Waals surface area contributed by atoms with Gasteiger partial charge >= 0.3 is 0 Å². The minimum atomic E-state index is 0.540. The van der Waals surface area contributed by atoms with Crippen molar-refractivity contribution in [1.29, 1.82) is 0 Å². The molecule has 1 N–H and O–H groups in total. The molecule has 1 heterocycles. The van der Waals surface area contributed by atoms with Gasteiger partial charge in [-0.3, -0.25) is 0 Å². The van der Waals surface area contributed by atoms with E-state index in [0.717, 1.165) is 6.42 Å². The maximum atomic E-state index is 3.54. The van der Waals surface area contributed by atoms with Gasteiger partial charge in [0.1, 0.15) is 0 Å². The summed E-state index contributed by atoms with van der Waals surface area (Å²) in [6, 6.07) is 7.98. The van der Waals surface area contributed by atoms with Crippen molar-refractivity contribution in [2.45, 2.75) is 32.4 Å². The zero-order valence-electron chi connectivity index (χ0n) is 12.6. The van der Waals surface area contributed by atoms with E-state index < -0.39 is 0 Å². The number of nitrogens with zero attached hydrogens (tertiary/aromatic N) is 1. The molecule has 0 spiro atoms. The monoisotopic (exact) mass is 278 g/mol. The number of rotatable bonds is 4. The lowest BCUT2D eigenvalue weighted by Gasteiger charge is -2.38. The number of likely N-dealkylation sites (N-methyl/N-ethyl adjacent to an activating group) is 2. The van der Waals surface area contributed by atoms with Crippen LogP contribution in [-0.2, 0) is 6.42 Å². The Bertz CT molecular complexity index is 419. The zero-order valence-corrected chi connectivity index (χ0v) is 13.4. The molecule has 1 saturated heterocycles. The van der Waals surface area contributed by atoms with E-state index >= 15 is 0 Å². The van der Waals surface area contributed by atoms with Gasteiger partial charge in [-0.05, 0) is 45.5 Å². The molecule has 19 heavy (non-hydrogen) atoms. The molecule has 1 aromatic carbocycles. The maximum absolute atomic E-state index is 3.54. The standard InChI is InChI=1S/C16H26N2S/c1-12-5-6-13(2)14(9-12)10-15(17-3)16-11-19-8-7-18(16)4/h5-6,9,15-17H,7-8,10-11H2,1-4H3. The van der Waals surface area contributed by atoms with E-state index in [9.17, 15) is 0 Å². The van der Waals surface area contributed by atoms with Gasteiger partial charge in [0.25, 0.3) is 0 Å². The highest BCUT2D eigenvalue weighted by atomic mass is 32.2. The Morgan fingerprint density at radius 1 is 1.42 bits per heavy atom. The molecule has 0 radical (unpaired) electrons. The van der Waals surface area contributed by atoms with Crippen molar-refractivity contribution < 1.29 is 0 Å². The molecule has 0 bridgehead atoms. The van der Waals surface area contributed by atoms with E-state index in [-0.39, 0.29) is 0 Å². The van der Waals surface area contributed by atoms with Crippen molar-refractivity contribution in [1.82, 2.24) is 10.2 Å². The highest BCUT2D eigenvalue weighted by Crippen LogP contribution is 2.21. The van der Waals surface area contributed by atoms with Gasteiger partial charge in [-0.1, -0.05) is 23.8 Å². The molecular formula is C16H26N2S. The summed E-state index contributed by atoms with van der Waals surface area (Å²) in [5, 5.41) is 3.54. The Morgan fingerprint density at radius 3 is 2.89 bits per heavy atom. The Morgan fingerprint density at radius 2 is 2.21 bits per heavy atom. The largest absolute Gasteiger partial charge is 0.315 e. The zero-order chi connectivity index (χ0) is 13.8. The van der Waals surface area contributed by atoms with E-state index in [0.29, 0.717) is 12.1 Å². The van der Waals surface area contributed by atoms with Gasteiger partial charge in [-0.2, -0.15) is 11.8 Å². The van der Waals surface area contributed by atoms with Gasteiger partial charge in [0, 0.05) is 30.1 Å².